The molecular formula is C25H30N4O. The minimum absolute atomic E-state index is 0.0800. The van der Waals surface area contributed by atoms with Crippen molar-refractivity contribution in [2.24, 2.45) is 0 Å². The second-order valence-electron chi connectivity index (χ2n) is 8.45. The van der Waals surface area contributed by atoms with E-state index in [-0.39, 0.29) is 5.91 Å². The molecule has 1 aliphatic rings. The predicted octanol–water partition coefficient (Wildman–Crippen LogP) is 4.07. The third kappa shape index (κ3) is 4.46. The average molecular weight is 403 g/mol. The Bertz CT molecular complexity index is 992. The molecule has 0 radical (unpaired) electrons. The summed E-state index contributed by atoms with van der Waals surface area (Å²) in [6.45, 7) is 4.29. The summed E-state index contributed by atoms with van der Waals surface area (Å²) < 4.78 is 1.89. The van der Waals surface area contributed by atoms with Gasteiger partial charge in [0.05, 0.1) is 12.1 Å². The Balaban J connectivity index is 1.67. The van der Waals surface area contributed by atoms with Crippen LogP contribution >= 0.6 is 0 Å². The highest BCUT2D eigenvalue weighted by Crippen LogP contribution is 2.26. The van der Waals surface area contributed by atoms with Crippen LogP contribution in [0.2, 0.25) is 0 Å². The number of hydrogen-bond acceptors (Lipinski definition) is 3. The van der Waals surface area contributed by atoms with Crippen molar-refractivity contribution >= 4 is 5.91 Å². The fraction of sp³-hybridized carbons (Fsp3) is 0.360. The van der Waals surface area contributed by atoms with E-state index in [1.54, 1.807) is 0 Å². The normalized spacial score (nSPS) is 16.8. The summed E-state index contributed by atoms with van der Waals surface area (Å²) in [6.07, 6.45) is 4.09. The minimum Gasteiger partial charge on any atom is -0.337 e. The number of amides is 1. The van der Waals surface area contributed by atoms with Crippen LogP contribution in [-0.4, -0.2) is 58.7 Å². The van der Waals surface area contributed by atoms with Gasteiger partial charge in [-0.15, -0.1) is 0 Å². The maximum Gasteiger partial charge on any atom is 0.257 e. The van der Waals surface area contributed by atoms with Crippen molar-refractivity contribution in [3.8, 4) is 11.3 Å². The molecule has 0 spiro atoms. The summed E-state index contributed by atoms with van der Waals surface area (Å²) >= 11 is 0. The van der Waals surface area contributed by atoms with E-state index >= 15 is 0 Å². The Labute approximate surface area is 178 Å². The zero-order valence-corrected chi connectivity index (χ0v) is 18.1. The summed E-state index contributed by atoms with van der Waals surface area (Å²) in [7, 11) is 4.18. The smallest absolute Gasteiger partial charge is 0.257 e. The maximum absolute atomic E-state index is 13.5. The first-order chi connectivity index (χ1) is 14.5. The van der Waals surface area contributed by atoms with E-state index in [1.165, 1.54) is 11.1 Å². The second-order valence-corrected chi connectivity index (χ2v) is 8.45. The van der Waals surface area contributed by atoms with Crippen molar-refractivity contribution in [3.63, 3.8) is 0 Å². The van der Waals surface area contributed by atoms with Gasteiger partial charge in [-0.1, -0.05) is 60.2 Å². The lowest BCUT2D eigenvalue weighted by Gasteiger charge is -2.36. The van der Waals surface area contributed by atoms with Gasteiger partial charge in [0, 0.05) is 30.9 Å². The molecule has 0 N–H and O–H groups in total. The summed E-state index contributed by atoms with van der Waals surface area (Å²) in [5.74, 6) is 0.0800. The van der Waals surface area contributed by atoms with E-state index in [2.05, 4.69) is 62.3 Å². The first-order valence-corrected chi connectivity index (χ1v) is 10.7. The van der Waals surface area contributed by atoms with Gasteiger partial charge in [0.1, 0.15) is 5.69 Å². The van der Waals surface area contributed by atoms with Gasteiger partial charge in [-0.25, -0.2) is 0 Å². The number of benzene rings is 2. The Morgan fingerprint density at radius 2 is 1.83 bits per heavy atom. The lowest BCUT2D eigenvalue weighted by Crippen LogP contribution is -2.47. The predicted molar refractivity (Wildman–Crippen MR) is 121 cm³/mol. The molecule has 3 aromatic rings. The summed E-state index contributed by atoms with van der Waals surface area (Å²) in [5.41, 5.74) is 4.80. The summed E-state index contributed by atoms with van der Waals surface area (Å²) in [6, 6.07) is 18.9. The van der Waals surface area contributed by atoms with E-state index in [1.807, 2.05) is 34.0 Å². The molecule has 1 aromatic heterocycles. The molecule has 2 aromatic carbocycles. The highest BCUT2D eigenvalue weighted by molar-refractivity contribution is 6.00. The number of hydrogen-bond donors (Lipinski definition) is 0. The van der Waals surface area contributed by atoms with Crippen molar-refractivity contribution < 1.29 is 4.79 Å². The number of carbonyl (C=O) groups excluding carboxylic acids is 1. The number of carbonyl (C=O) groups is 1. The number of rotatable bonds is 5. The van der Waals surface area contributed by atoms with E-state index < -0.39 is 0 Å². The van der Waals surface area contributed by atoms with Crippen LogP contribution in [0.1, 0.15) is 34.3 Å². The average Bonchev–Trinajstić information content (AvgIpc) is 3.18. The van der Waals surface area contributed by atoms with Crippen LogP contribution in [0.15, 0.2) is 60.8 Å². The molecule has 0 bridgehead atoms. The van der Waals surface area contributed by atoms with Gasteiger partial charge in [0.25, 0.3) is 5.91 Å². The monoisotopic (exact) mass is 402 g/mol. The Hall–Kier alpha value is -2.92. The number of likely N-dealkylation sites (tertiary alicyclic amines) is 1. The van der Waals surface area contributed by atoms with Crippen molar-refractivity contribution in [1.29, 1.82) is 0 Å². The van der Waals surface area contributed by atoms with Crippen LogP contribution < -0.4 is 0 Å². The highest BCUT2D eigenvalue weighted by atomic mass is 16.2. The molecule has 1 amide bonds. The lowest BCUT2D eigenvalue weighted by atomic mass is 10.0. The number of nitrogens with zero attached hydrogens (tertiary/aromatic N) is 4. The van der Waals surface area contributed by atoms with Crippen molar-refractivity contribution in [2.45, 2.75) is 32.4 Å². The van der Waals surface area contributed by atoms with Crippen LogP contribution in [0.5, 0.6) is 0 Å². The molecule has 1 unspecified atom stereocenters. The SMILES string of the molecule is Cc1ccc(-c2nn(Cc3ccccc3)cc2C(=O)N2CCCC(N(C)C)C2)cc1. The molecule has 1 fully saturated rings. The number of piperidine rings is 1. The van der Waals surface area contributed by atoms with Crippen LogP contribution in [-0.2, 0) is 6.54 Å². The van der Waals surface area contributed by atoms with Crippen LogP contribution in [0, 0.1) is 6.92 Å². The molecule has 156 valence electrons. The standard InChI is InChI=1S/C25H30N4O/c1-19-11-13-21(14-12-19)24-23(18-29(26-24)16-20-8-5-4-6-9-20)25(30)28-15-7-10-22(17-28)27(2)3/h4-6,8-9,11-14,18,22H,7,10,15-17H2,1-3H3. The Kier molecular flexibility index (Phi) is 6.00. The third-order valence-corrected chi connectivity index (χ3v) is 5.92. The Morgan fingerprint density at radius 3 is 2.53 bits per heavy atom. The molecule has 5 nitrogen and oxygen atoms in total. The van der Waals surface area contributed by atoms with E-state index in [0.29, 0.717) is 18.2 Å². The molecule has 4 rings (SSSR count). The molecule has 2 heterocycles. The van der Waals surface area contributed by atoms with Gasteiger partial charge in [-0.05, 0) is 39.4 Å². The van der Waals surface area contributed by atoms with Crippen LogP contribution in [0.3, 0.4) is 0 Å². The topological polar surface area (TPSA) is 41.4 Å². The zero-order chi connectivity index (χ0) is 21.1. The van der Waals surface area contributed by atoms with Gasteiger partial charge in [0.2, 0.25) is 0 Å². The third-order valence-electron chi connectivity index (χ3n) is 5.92. The summed E-state index contributed by atoms with van der Waals surface area (Å²) in [4.78, 5) is 17.8. The molecule has 1 aliphatic heterocycles. The summed E-state index contributed by atoms with van der Waals surface area (Å²) in [5, 5.41) is 4.83. The Morgan fingerprint density at radius 1 is 1.10 bits per heavy atom. The van der Waals surface area contributed by atoms with E-state index in [0.717, 1.165) is 37.2 Å². The second kappa shape index (κ2) is 8.84. The molecule has 0 aliphatic carbocycles. The number of aromatic nitrogens is 2. The molecule has 1 saturated heterocycles. The van der Waals surface area contributed by atoms with Gasteiger partial charge in [0.15, 0.2) is 0 Å². The zero-order valence-electron chi connectivity index (χ0n) is 18.1. The quantitative estimate of drug-likeness (QED) is 0.646. The first kappa shape index (κ1) is 20.4. The van der Waals surface area contributed by atoms with Crippen LogP contribution in [0.25, 0.3) is 11.3 Å². The van der Waals surface area contributed by atoms with Crippen molar-refractivity contribution in [1.82, 2.24) is 19.6 Å². The first-order valence-electron chi connectivity index (χ1n) is 10.7. The largest absolute Gasteiger partial charge is 0.337 e. The molecule has 5 heteroatoms. The number of aryl methyl sites for hydroxylation is 1. The molecular weight excluding hydrogens is 372 g/mol. The van der Waals surface area contributed by atoms with Crippen molar-refractivity contribution in [2.75, 3.05) is 27.2 Å². The van der Waals surface area contributed by atoms with Gasteiger partial charge in [-0.3, -0.25) is 9.48 Å². The van der Waals surface area contributed by atoms with Gasteiger partial charge < -0.3 is 9.80 Å². The van der Waals surface area contributed by atoms with Crippen molar-refractivity contribution in [3.05, 3.63) is 77.5 Å². The lowest BCUT2D eigenvalue weighted by molar-refractivity contribution is 0.0635. The fourth-order valence-corrected chi connectivity index (χ4v) is 4.09. The molecule has 0 saturated carbocycles. The fourth-order valence-electron chi connectivity index (χ4n) is 4.09. The maximum atomic E-state index is 13.5. The van der Waals surface area contributed by atoms with Gasteiger partial charge in [-0.2, -0.15) is 5.10 Å². The highest BCUT2D eigenvalue weighted by Gasteiger charge is 2.28. The van der Waals surface area contributed by atoms with Crippen LogP contribution in [0.4, 0.5) is 0 Å². The van der Waals surface area contributed by atoms with E-state index in [4.69, 9.17) is 5.10 Å². The molecule has 1 atom stereocenters. The van der Waals surface area contributed by atoms with Gasteiger partial charge >= 0.3 is 0 Å². The van der Waals surface area contributed by atoms with E-state index in [9.17, 15) is 4.79 Å². The number of likely N-dealkylation sites (N-methyl/N-ethyl adjacent to an activating group) is 1. The minimum atomic E-state index is 0.0800. The molecule has 30 heavy (non-hydrogen) atoms.